The van der Waals surface area contributed by atoms with Gasteiger partial charge in [-0.15, -0.1) is 0 Å². The highest BCUT2D eigenvalue weighted by Crippen LogP contribution is 2.14. The molecule has 1 rings (SSSR count). The first-order chi connectivity index (χ1) is 7.63. The van der Waals surface area contributed by atoms with Crippen LogP contribution in [0.4, 0.5) is 5.82 Å². The van der Waals surface area contributed by atoms with Crippen LogP contribution >= 0.6 is 0 Å². The third-order valence-electron chi connectivity index (χ3n) is 2.03. The van der Waals surface area contributed by atoms with Crippen molar-refractivity contribution in [1.82, 2.24) is 9.97 Å². The van der Waals surface area contributed by atoms with Gasteiger partial charge in [-0.2, -0.15) is 0 Å². The van der Waals surface area contributed by atoms with E-state index in [0.717, 1.165) is 18.8 Å². The minimum atomic E-state index is 0.111. The summed E-state index contributed by atoms with van der Waals surface area (Å²) in [6, 6.07) is 1.94. The number of hydrogen-bond donors (Lipinski definition) is 1. The van der Waals surface area contributed by atoms with E-state index < -0.39 is 0 Å². The summed E-state index contributed by atoms with van der Waals surface area (Å²) in [5.74, 6) is 1.45. The fourth-order valence-corrected chi connectivity index (χ4v) is 1.35. The molecule has 0 saturated heterocycles. The maximum atomic E-state index is 5.73. The van der Waals surface area contributed by atoms with Crippen molar-refractivity contribution in [2.75, 3.05) is 25.1 Å². The van der Waals surface area contributed by atoms with Gasteiger partial charge in [-0.25, -0.2) is 9.97 Å². The Bertz CT molecular complexity index is 317. The summed E-state index contributed by atoms with van der Waals surface area (Å²) < 4.78 is 5.44. The first-order valence-corrected chi connectivity index (χ1v) is 5.55. The second kappa shape index (κ2) is 6.27. The summed E-state index contributed by atoms with van der Waals surface area (Å²) >= 11 is 0. The van der Waals surface area contributed by atoms with Crippen LogP contribution in [0.15, 0.2) is 12.4 Å². The topological polar surface area (TPSA) is 64.3 Å². The van der Waals surface area contributed by atoms with Crippen LogP contribution in [0.25, 0.3) is 0 Å². The monoisotopic (exact) mass is 224 g/mol. The van der Waals surface area contributed by atoms with Crippen molar-refractivity contribution in [3.05, 3.63) is 12.4 Å². The molecule has 16 heavy (non-hydrogen) atoms. The smallest absolute Gasteiger partial charge is 0.218 e. The SMILES string of the molecule is CCCOc1cc(N(C)CC(C)N)ncn1. The fourth-order valence-electron chi connectivity index (χ4n) is 1.35. The number of rotatable bonds is 6. The molecule has 1 unspecified atom stereocenters. The molecular weight excluding hydrogens is 204 g/mol. The van der Waals surface area contributed by atoms with Crippen LogP contribution in [-0.4, -0.2) is 36.2 Å². The van der Waals surface area contributed by atoms with Crippen LogP contribution in [0.1, 0.15) is 20.3 Å². The lowest BCUT2D eigenvalue weighted by atomic mass is 10.3. The van der Waals surface area contributed by atoms with Gasteiger partial charge in [0.15, 0.2) is 0 Å². The molecule has 1 atom stereocenters. The van der Waals surface area contributed by atoms with E-state index in [1.807, 2.05) is 24.9 Å². The zero-order valence-electron chi connectivity index (χ0n) is 10.2. The lowest BCUT2D eigenvalue weighted by Crippen LogP contribution is -2.33. The Labute approximate surface area is 96.6 Å². The van der Waals surface area contributed by atoms with E-state index in [1.165, 1.54) is 6.33 Å². The molecule has 0 radical (unpaired) electrons. The maximum Gasteiger partial charge on any atom is 0.218 e. The number of nitrogens with zero attached hydrogens (tertiary/aromatic N) is 3. The molecule has 0 aliphatic carbocycles. The predicted octanol–water partition coefficient (Wildman–Crippen LogP) is 1.05. The zero-order chi connectivity index (χ0) is 12.0. The normalized spacial score (nSPS) is 12.2. The van der Waals surface area contributed by atoms with E-state index >= 15 is 0 Å². The van der Waals surface area contributed by atoms with Crippen molar-refractivity contribution in [3.63, 3.8) is 0 Å². The van der Waals surface area contributed by atoms with Gasteiger partial charge in [0, 0.05) is 25.7 Å². The molecule has 0 amide bonds. The molecule has 90 valence electrons. The number of nitrogens with two attached hydrogens (primary N) is 1. The molecule has 5 nitrogen and oxygen atoms in total. The largest absolute Gasteiger partial charge is 0.478 e. The van der Waals surface area contributed by atoms with Crippen molar-refractivity contribution >= 4 is 5.82 Å². The first kappa shape index (κ1) is 12.7. The summed E-state index contributed by atoms with van der Waals surface area (Å²) in [6.07, 6.45) is 2.48. The standard InChI is InChI=1S/C11H20N4O/c1-4-5-16-11-6-10(13-8-14-11)15(3)7-9(2)12/h6,8-9H,4-5,7,12H2,1-3H3. The Hall–Kier alpha value is -1.36. The van der Waals surface area contributed by atoms with Gasteiger partial charge in [-0.05, 0) is 13.3 Å². The minimum Gasteiger partial charge on any atom is -0.478 e. The molecular formula is C11H20N4O. The molecule has 0 aliphatic heterocycles. The van der Waals surface area contributed by atoms with Crippen LogP contribution in [0.3, 0.4) is 0 Å². The summed E-state index contributed by atoms with van der Waals surface area (Å²) in [5.41, 5.74) is 5.73. The Balaban J connectivity index is 2.65. The molecule has 0 bridgehead atoms. The predicted molar refractivity (Wildman–Crippen MR) is 64.7 cm³/mol. The molecule has 1 aromatic rings. The summed E-state index contributed by atoms with van der Waals surface area (Å²) in [6.45, 7) is 5.45. The second-order valence-corrected chi connectivity index (χ2v) is 3.92. The molecule has 0 spiro atoms. The average molecular weight is 224 g/mol. The third-order valence-corrected chi connectivity index (χ3v) is 2.03. The van der Waals surface area contributed by atoms with Crippen LogP contribution in [0.5, 0.6) is 5.88 Å². The van der Waals surface area contributed by atoms with Gasteiger partial charge in [0.1, 0.15) is 12.1 Å². The Morgan fingerprint density at radius 1 is 1.50 bits per heavy atom. The Morgan fingerprint density at radius 3 is 2.88 bits per heavy atom. The molecule has 0 aromatic carbocycles. The molecule has 0 fully saturated rings. The number of ether oxygens (including phenoxy) is 1. The average Bonchev–Trinajstić information content (AvgIpc) is 2.26. The minimum absolute atomic E-state index is 0.111. The molecule has 0 aliphatic rings. The van der Waals surface area contributed by atoms with Crippen LogP contribution in [0.2, 0.25) is 0 Å². The van der Waals surface area contributed by atoms with Crippen LogP contribution < -0.4 is 15.4 Å². The number of hydrogen-bond acceptors (Lipinski definition) is 5. The lowest BCUT2D eigenvalue weighted by molar-refractivity contribution is 0.304. The first-order valence-electron chi connectivity index (χ1n) is 5.55. The fraction of sp³-hybridized carbons (Fsp3) is 0.636. The Morgan fingerprint density at radius 2 is 2.25 bits per heavy atom. The molecule has 1 heterocycles. The molecule has 2 N–H and O–H groups in total. The van der Waals surface area contributed by atoms with Crippen molar-refractivity contribution in [1.29, 1.82) is 0 Å². The van der Waals surface area contributed by atoms with Crippen molar-refractivity contribution in [3.8, 4) is 5.88 Å². The third kappa shape index (κ3) is 4.02. The second-order valence-electron chi connectivity index (χ2n) is 3.92. The van der Waals surface area contributed by atoms with E-state index in [-0.39, 0.29) is 6.04 Å². The quantitative estimate of drug-likeness (QED) is 0.782. The number of likely N-dealkylation sites (N-methyl/N-ethyl adjacent to an activating group) is 1. The van der Waals surface area contributed by atoms with E-state index in [4.69, 9.17) is 10.5 Å². The van der Waals surface area contributed by atoms with Gasteiger partial charge in [0.05, 0.1) is 6.61 Å². The van der Waals surface area contributed by atoms with E-state index in [0.29, 0.717) is 12.5 Å². The van der Waals surface area contributed by atoms with E-state index in [2.05, 4.69) is 16.9 Å². The maximum absolute atomic E-state index is 5.73. The summed E-state index contributed by atoms with van der Waals surface area (Å²) in [4.78, 5) is 10.2. The van der Waals surface area contributed by atoms with Crippen molar-refractivity contribution in [2.45, 2.75) is 26.3 Å². The summed E-state index contributed by atoms with van der Waals surface area (Å²) in [7, 11) is 1.95. The molecule has 1 aromatic heterocycles. The number of aromatic nitrogens is 2. The van der Waals surface area contributed by atoms with Gasteiger partial charge in [-0.3, -0.25) is 0 Å². The van der Waals surface area contributed by atoms with Gasteiger partial charge in [0.2, 0.25) is 5.88 Å². The van der Waals surface area contributed by atoms with E-state index in [1.54, 1.807) is 0 Å². The van der Waals surface area contributed by atoms with Gasteiger partial charge < -0.3 is 15.4 Å². The highest BCUT2D eigenvalue weighted by atomic mass is 16.5. The van der Waals surface area contributed by atoms with Gasteiger partial charge in [-0.1, -0.05) is 6.92 Å². The number of anilines is 1. The highest BCUT2D eigenvalue weighted by Gasteiger charge is 2.06. The van der Waals surface area contributed by atoms with Gasteiger partial charge >= 0.3 is 0 Å². The van der Waals surface area contributed by atoms with Crippen molar-refractivity contribution < 1.29 is 4.74 Å². The summed E-state index contributed by atoms with van der Waals surface area (Å²) in [5, 5.41) is 0. The van der Waals surface area contributed by atoms with Crippen LogP contribution in [-0.2, 0) is 0 Å². The molecule has 5 heteroatoms. The van der Waals surface area contributed by atoms with E-state index in [9.17, 15) is 0 Å². The van der Waals surface area contributed by atoms with Crippen LogP contribution in [0, 0.1) is 0 Å². The highest BCUT2D eigenvalue weighted by molar-refractivity contribution is 5.39. The molecule has 0 saturated carbocycles. The lowest BCUT2D eigenvalue weighted by Gasteiger charge is -2.20. The van der Waals surface area contributed by atoms with Gasteiger partial charge in [0.25, 0.3) is 0 Å². The van der Waals surface area contributed by atoms with Crippen molar-refractivity contribution in [2.24, 2.45) is 5.73 Å². The Kier molecular flexibility index (Phi) is 4.98. The zero-order valence-corrected chi connectivity index (χ0v) is 10.2.